The number of aryl methyl sites for hydroxylation is 12. The molecule has 4 aromatic heterocycles. The zero-order valence-electron chi connectivity index (χ0n) is 64.6. The first-order valence-electron chi connectivity index (χ1n) is 40.3. The number of rotatable bonds is 49. The Morgan fingerprint density at radius 1 is 0.198 bits per heavy atom. The third kappa shape index (κ3) is 40.2. The maximum Gasteiger partial charge on any atom is 0.119 e. The van der Waals surface area contributed by atoms with Crippen LogP contribution in [0.25, 0.3) is 0 Å². The van der Waals surface area contributed by atoms with Crippen LogP contribution in [0.3, 0.4) is 0 Å². The van der Waals surface area contributed by atoms with Gasteiger partial charge >= 0.3 is 0 Å². The quantitative estimate of drug-likeness (QED) is 0.0349. The fourth-order valence-electron chi connectivity index (χ4n) is 11.9. The molecule has 8 aromatic rings. The van der Waals surface area contributed by atoms with Crippen molar-refractivity contribution in [2.24, 2.45) is 0 Å². The molecule has 8 heteroatoms. The molecule has 0 aliphatic rings. The summed E-state index contributed by atoms with van der Waals surface area (Å²) in [5.41, 5.74) is 15.5. The SMILES string of the molecule is CCCCCCCCCOc1ccc(CCc2ccc(CCCC)cn2)cc1.CCCCCCCCOc1ccc(CCc2ccc(CCCC)cn2)cc1.CCCCCCCOc1ccc(CCc2ccc(CCCC)cn2)cc1.CCCCc1ccc(CCc2ccc(OC)cc2)nc1. The van der Waals surface area contributed by atoms with E-state index in [1.165, 1.54) is 215 Å². The van der Waals surface area contributed by atoms with E-state index in [0.717, 1.165) is 139 Å². The van der Waals surface area contributed by atoms with E-state index in [1.54, 1.807) is 7.11 Å². The lowest BCUT2D eigenvalue weighted by Crippen LogP contribution is -1.98. The second-order valence-electron chi connectivity index (χ2n) is 27.7. The molecular weight excluding hydrogens is 1240 g/mol. The smallest absolute Gasteiger partial charge is 0.119 e. The van der Waals surface area contributed by atoms with E-state index in [2.05, 4.69) is 202 Å². The summed E-state index contributed by atoms with van der Waals surface area (Å²) in [6.07, 6.45) is 54.2. The average Bonchev–Trinajstić information content (AvgIpc) is 1.11. The molecule has 101 heavy (non-hydrogen) atoms. The van der Waals surface area contributed by atoms with Crippen molar-refractivity contribution >= 4 is 0 Å². The normalized spacial score (nSPS) is 10.8. The molecule has 0 aliphatic heterocycles. The Balaban J connectivity index is 0.000000244. The zero-order chi connectivity index (χ0) is 71.7. The number of pyridine rings is 4. The van der Waals surface area contributed by atoms with Gasteiger partial charge in [0.1, 0.15) is 23.0 Å². The molecule has 0 saturated carbocycles. The van der Waals surface area contributed by atoms with E-state index >= 15 is 0 Å². The molecule has 550 valence electrons. The first-order chi connectivity index (χ1) is 49.8. The predicted octanol–water partition coefficient (Wildman–Crippen LogP) is 25.1. The largest absolute Gasteiger partial charge is 0.497 e. The highest BCUT2D eigenvalue weighted by molar-refractivity contribution is 5.31. The van der Waals surface area contributed by atoms with Gasteiger partial charge in [0, 0.05) is 47.6 Å². The number of unbranched alkanes of at least 4 members (excludes halogenated alkanes) is 19. The predicted molar refractivity (Wildman–Crippen MR) is 430 cm³/mol. The monoisotopic (exact) mass is 1370 g/mol. The van der Waals surface area contributed by atoms with Crippen LogP contribution in [0.4, 0.5) is 0 Å². The first kappa shape index (κ1) is 84.3. The van der Waals surface area contributed by atoms with E-state index in [0.29, 0.717) is 0 Å². The number of benzene rings is 4. The number of methoxy groups -OCH3 is 1. The van der Waals surface area contributed by atoms with Gasteiger partial charge in [-0.15, -0.1) is 0 Å². The Kier molecular flexibility index (Phi) is 47.0. The topological polar surface area (TPSA) is 88.5 Å². The molecule has 0 fully saturated rings. The van der Waals surface area contributed by atoms with Gasteiger partial charge in [-0.25, -0.2) is 0 Å². The molecule has 8 rings (SSSR count). The molecule has 0 bridgehead atoms. The average molecular weight is 1370 g/mol. The molecule has 0 aliphatic carbocycles. The molecule has 0 radical (unpaired) electrons. The highest BCUT2D eigenvalue weighted by Crippen LogP contribution is 2.21. The minimum absolute atomic E-state index is 0.831. The van der Waals surface area contributed by atoms with Crippen LogP contribution in [-0.2, 0) is 77.0 Å². The molecule has 4 aromatic carbocycles. The summed E-state index contributed by atoms with van der Waals surface area (Å²) in [5.74, 6) is 3.88. The fraction of sp³-hybridized carbons (Fsp3) is 0.527. The molecule has 0 N–H and O–H groups in total. The molecule has 0 saturated heterocycles. The van der Waals surface area contributed by atoms with Crippen molar-refractivity contribution in [2.45, 2.75) is 292 Å². The molecule has 0 atom stereocenters. The van der Waals surface area contributed by atoms with Gasteiger partial charge in [0.15, 0.2) is 0 Å². The van der Waals surface area contributed by atoms with Crippen LogP contribution in [0, 0.1) is 0 Å². The van der Waals surface area contributed by atoms with Crippen LogP contribution in [0.5, 0.6) is 23.0 Å². The Hall–Kier alpha value is -7.32. The van der Waals surface area contributed by atoms with E-state index in [4.69, 9.17) is 18.9 Å². The van der Waals surface area contributed by atoms with Gasteiger partial charge in [0.2, 0.25) is 0 Å². The first-order valence-corrected chi connectivity index (χ1v) is 40.3. The van der Waals surface area contributed by atoms with Crippen LogP contribution in [0.2, 0.25) is 0 Å². The number of hydrogen-bond acceptors (Lipinski definition) is 8. The Morgan fingerprint density at radius 2 is 0.406 bits per heavy atom. The minimum atomic E-state index is 0.831. The van der Waals surface area contributed by atoms with E-state index in [9.17, 15) is 0 Å². The van der Waals surface area contributed by atoms with Crippen molar-refractivity contribution in [3.05, 3.63) is 238 Å². The number of nitrogens with zero attached hydrogens (tertiary/aromatic N) is 4. The molecule has 8 nitrogen and oxygen atoms in total. The fourth-order valence-corrected chi connectivity index (χ4v) is 11.9. The maximum absolute atomic E-state index is 5.88. The van der Waals surface area contributed by atoms with Gasteiger partial charge < -0.3 is 18.9 Å². The summed E-state index contributed by atoms with van der Waals surface area (Å²) in [6, 6.07) is 51.6. The van der Waals surface area contributed by atoms with Crippen molar-refractivity contribution in [3.8, 4) is 23.0 Å². The summed E-state index contributed by atoms with van der Waals surface area (Å²) >= 11 is 0. The van der Waals surface area contributed by atoms with Crippen molar-refractivity contribution in [3.63, 3.8) is 0 Å². The number of aromatic nitrogens is 4. The van der Waals surface area contributed by atoms with Gasteiger partial charge in [0.25, 0.3) is 0 Å². The van der Waals surface area contributed by atoms with Crippen LogP contribution in [-0.4, -0.2) is 46.9 Å². The van der Waals surface area contributed by atoms with Crippen molar-refractivity contribution < 1.29 is 18.9 Å². The van der Waals surface area contributed by atoms with Crippen LogP contribution in [0.15, 0.2) is 170 Å². The van der Waals surface area contributed by atoms with Crippen LogP contribution < -0.4 is 18.9 Å². The number of hydrogen-bond donors (Lipinski definition) is 0. The van der Waals surface area contributed by atoms with Gasteiger partial charge in [-0.3, -0.25) is 19.9 Å². The molecule has 0 unspecified atom stereocenters. The summed E-state index contributed by atoms with van der Waals surface area (Å²) in [5, 5.41) is 0. The Bertz CT molecular complexity index is 3190. The Morgan fingerprint density at radius 3 is 0.614 bits per heavy atom. The van der Waals surface area contributed by atoms with E-state index in [1.807, 2.05) is 36.9 Å². The van der Waals surface area contributed by atoms with E-state index in [-0.39, 0.29) is 0 Å². The maximum atomic E-state index is 5.88. The van der Waals surface area contributed by atoms with Crippen LogP contribution >= 0.6 is 0 Å². The van der Waals surface area contributed by atoms with E-state index < -0.39 is 0 Å². The lowest BCUT2D eigenvalue weighted by atomic mass is 10.1. The molecule has 0 spiro atoms. The summed E-state index contributed by atoms with van der Waals surface area (Å²) in [6.45, 7) is 18.2. The molecular formula is C93H134N4O4. The second-order valence-corrected chi connectivity index (χ2v) is 27.7. The van der Waals surface area contributed by atoms with Crippen LogP contribution in [0.1, 0.15) is 283 Å². The minimum Gasteiger partial charge on any atom is -0.497 e. The van der Waals surface area contributed by atoms with Gasteiger partial charge in [-0.05, 0) is 239 Å². The van der Waals surface area contributed by atoms with Gasteiger partial charge in [-0.1, -0.05) is 243 Å². The third-order valence-electron chi connectivity index (χ3n) is 18.7. The number of ether oxygens (including phenoxy) is 4. The lowest BCUT2D eigenvalue weighted by molar-refractivity contribution is 0.304. The zero-order valence-corrected chi connectivity index (χ0v) is 64.6. The summed E-state index contributed by atoms with van der Waals surface area (Å²) < 4.78 is 22.7. The highest BCUT2D eigenvalue weighted by atomic mass is 16.5. The third-order valence-corrected chi connectivity index (χ3v) is 18.7. The summed E-state index contributed by atoms with van der Waals surface area (Å²) in [4.78, 5) is 18.4. The van der Waals surface area contributed by atoms with Crippen molar-refractivity contribution in [1.82, 2.24) is 19.9 Å². The van der Waals surface area contributed by atoms with Crippen molar-refractivity contribution in [1.29, 1.82) is 0 Å². The summed E-state index contributed by atoms with van der Waals surface area (Å²) in [7, 11) is 1.69. The Labute approximate surface area is 615 Å². The van der Waals surface area contributed by atoms with Crippen molar-refractivity contribution in [2.75, 3.05) is 26.9 Å². The van der Waals surface area contributed by atoms with Gasteiger partial charge in [-0.2, -0.15) is 0 Å². The highest BCUT2D eigenvalue weighted by Gasteiger charge is 2.06. The molecule has 0 amide bonds. The second kappa shape index (κ2) is 56.3. The lowest BCUT2D eigenvalue weighted by Gasteiger charge is -2.08. The standard InChI is InChI=1S/C26H39NO.C25H37NO.C24H35NO.C18H23NO/c1-3-5-7-8-9-10-11-21-28-26-19-15-23(16-20-26)13-17-25-18-14-24(22-27-25)12-6-4-2;1-3-5-7-8-9-10-20-27-25-18-14-22(15-19-25)12-16-24-17-13-23(21-26-24)11-6-4-2;1-3-5-7-8-9-19-26-24-17-13-21(14-18-24)11-15-23-16-12-22(20-25-23)10-6-4-2;1-3-4-5-16-7-11-17(19-14-16)10-6-15-8-12-18(20-2)13-9-15/h14-16,18-20,22H,3-13,17,21H2,1-2H3;13-15,17-19,21H,3-12,16,20H2,1-2H3;12-14,16-18,20H,3-11,15,19H2,1-2H3;7-9,11-14H,3-6,10H2,1-2H3. The molecule has 4 heterocycles. The van der Waals surface area contributed by atoms with Gasteiger partial charge in [0.05, 0.1) is 26.9 Å².